The van der Waals surface area contributed by atoms with Gasteiger partial charge in [0.05, 0.1) is 42.1 Å². The molecule has 0 aliphatic carbocycles. The van der Waals surface area contributed by atoms with Crippen molar-refractivity contribution in [3.8, 4) is 80.1 Å². The molecule has 23 atom stereocenters. The molecule has 43 nitrogen and oxygen atoms in total. The van der Waals surface area contributed by atoms with E-state index in [-0.39, 0.29) is 56.6 Å². The topological polar surface area (TPSA) is 667 Å². The van der Waals surface area contributed by atoms with Gasteiger partial charge in [0.25, 0.3) is 0 Å². The summed E-state index contributed by atoms with van der Waals surface area (Å²) in [7, 11) is 0. The summed E-state index contributed by atoms with van der Waals surface area (Å²) in [6.45, 7) is 1.57. The standard InChI is InChI=1S/C94H103Cl2N11O32/c1-38(2)10-6-4-5-7-12-66(116)102-74-80(121)77(118)64(36-109)136-93(74)139-84-61-29-45-30-62(84)133-58-20-16-43(27-53(58)96)83(138-92-73(100-39(3)111)79(120)76(117)63(35-108)135-92)75-91(130)106-72(87(126)99-34-46-11-8-9-21-98-46)51-32-48(113)33-60(134-94-82(123)81(122)78(119)65(37-110)137-94)67(51)50-26-42(15-17-55(50)114)69(88(127)107-75)104-90(129)71(45)105-89(128)70-44-24-47(112)31-49(25-44)131-59-28-41(14-18-56(59)115)68(97)86(125)101-54(85(124)103-70)23-40-13-19-57(132-61)52(95)22-40/h8-9,11,13-22,24-33,38,54,63-65,68-83,92-94,108-110,112-115,117-123H,4-7,10,12,23,34-37,97H2,1-3H3,(H,99,126)(H,100,111)(H,101,125)(H,102,116)(H,103,124)(H,104,129)(H,105,128)(H,106,130)(H,107,127)/t54-,63+,64+,65-,68-,69-,70+,71-,72+,73+,74+,75+,76-,77-,78-,79-,80-,81-,82+,83-,92+,93+,94+/m1/s1. The van der Waals surface area contributed by atoms with Gasteiger partial charge in [-0.25, -0.2) is 0 Å². The van der Waals surface area contributed by atoms with Crippen LogP contribution >= 0.6 is 23.2 Å². The maximum Gasteiger partial charge on any atom is 0.248 e. The molecule has 139 heavy (non-hydrogen) atoms. The molecule has 9 aliphatic heterocycles. The Balaban J connectivity index is 0.997. The summed E-state index contributed by atoms with van der Waals surface area (Å²) in [6, 6.07) is 6.26. The number of ether oxygens (including phenoxy) is 9. The van der Waals surface area contributed by atoms with Gasteiger partial charge in [0.2, 0.25) is 71.5 Å². The molecule has 7 aromatic carbocycles. The number of nitrogens with zero attached hydrogens (tertiary/aromatic N) is 1. The summed E-state index contributed by atoms with van der Waals surface area (Å²) in [5.41, 5.74) is 3.47. The normalized spacial score (nSPS) is 28.0. The Morgan fingerprint density at radius 2 is 1.10 bits per heavy atom. The van der Waals surface area contributed by atoms with E-state index in [2.05, 4.69) is 66.7 Å². The predicted octanol–water partition coefficient (Wildman–Crippen LogP) is 1.65. The number of rotatable bonds is 21. The Kier molecular flexibility index (Phi) is 31.3. The van der Waals surface area contributed by atoms with Gasteiger partial charge in [0, 0.05) is 49.2 Å². The van der Waals surface area contributed by atoms with E-state index in [9.17, 15) is 85.9 Å². The van der Waals surface area contributed by atoms with Gasteiger partial charge in [-0.3, -0.25) is 48.1 Å². The van der Waals surface area contributed by atoms with Crippen molar-refractivity contribution in [1.82, 2.24) is 52.8 Å². The molecular weight excluding hydrogens is 1870 g/mol. The van der Waals surface area contributed by atoms with Crippen molar-refractivity contribution in [1.29, 1.82) is 0 Å². The molecule has 0 spiro atoms. The molecule has 8 aromatic rings. The van der Waals surface area contributed by atoms with Gasteiger partial charge >= 0.3 is 0 Å². The van der Waals surface area contributed by atoms with Gasteiger partial charge < -0.3 is 168 Å². The maximum absolute atomic E-state index is 17.2. The van der Waals surface area contributed by atoms with Gasteiger partial charge in [-0.2, -0.15) is 0 Å². The molecule has 0 unspecified atom stereocenters. The molecule has 0 saturated carbocycles. The average molecular weight is 1970 g/mol. The Morgan fingerprint density at radius 3 is 1.75 bits per heavy atom. The third-order valence-corrected chi connectivity index (χ3v) is 25.2. The number of aromatic hydroxyl groups is 4. The van der Waals surface area contributed by atoms with Crippen LogP contribution in [0.3, 0.4) is 0 Å². The van der Waals surface area contributed by atoms with Crippen LogP contribution < -0.4 is 77.3 Å². The van der Waals surface area contributed by atoms with Crippen LogP contribution in [0.1, 0.15) is 140 Å². The Hall–Kier alpha value is -12.9. The molecule has 0 radical (unpaired) electrons. The quantitative estimate of drug-likeness (QED) is 0.0455. The lowest BCUT2D eigenvalue weighted by Gasteiger charge is -2.44. The molecule has 9 amide bonds. The molecule has 740 valence electrons. The van der Waals surface area contributed by atoms with E-state index in [0.717, 1.165) is 111 Å². The van der Waals surface area contributed by atoms with Crippen LogP contribution in [-0.4, -0.2) is 254 Å². The number of aliphatic hydroxyl groups excluding tert-OH is 10. The molecule has 3 fully saturated rings. The number of pyridine rings is 1. The predicted molar refractivity (Wildman–Crippen MR) is 482 cm³/mol. The number of unbranched alkanes of at least 4 members (excludes halogenated alkanes) is 3. The summed E-state index contributed by atoms with van der Waals surface area (Å²) >= 11 is 14.9. The van der Waals surface area contributed by atoms with Gasteiger partial charge in [0.15, 0.2) is 29.3 Å². The van der Waals surface area contributed by atoms with Crippen molar-refractivity contribution >= 4 is 76.4 Å². The first-order valence-corrected chi connectivity index (χ1v) is 45.2. The first kappa shape index (κ1) is 101. The molecule has 25 N–H and O–H groups in total. The van der Waals surface area contributed by atoms with Crippen molar-refractivity contribution in [3.05, 3.63) is 194 Å². The number of carbonyl (C=O) groups excluding carboxylic acids is 9. The van der Waals surface area contributed by atoms with Gasteiger partial charge in [-0.05, 0) is 142 Å². The fraction of sp³-hybridized carbons (Fsp3) is 0.404. The first-order valence-electron chi connectivity index (χ1n) is 44.5. The van der Waals surface area contributed by atoms with Crippen LogP contribution in [0, 0.1) is 5.92 Å². The summed E-state index contributed by atoms with van der Waals surface area (Å²) in [6.07, 6.45) is -24.4. The molecule has 1 aromatic heterocycles. The Morgan fingerprint density at radius 1 is 0.518 bits per heavy atom. The molecule has 17 rings (SSSR count). The second-order valence-electron chi connectivity index (χ2n) is 34.9. The number of hydrogen-bond acceptors (Lipinski definition) is 34. The van der Waals surface area contributed by atoms with Crippen molar-refractivity contribution in [2.75, 3.05) is 19.8 Å². The van der Waals surface area contributed by atoms with Crippen molar-refractivity contribution in [3.63, 3.8) is 0 Å². The SMILES string of the molecule is CC(=O)N[C@@H]1[C@H](O[C@@H]2c3ccc(c(Cl)c3)Oc3cc4cc(c3O[C@@H]3O[C@@H](CO)[C@@H](O)[C@H](O)[C@@H]3NC(=O)CCCCCCC(C)C)Oc3ccc(cc3Cl)C[C@H]3NC(=O)[C@H](N)c5ccc(O)c(c5)Oc5cc(O)cc(c5)[C@H](NC3=O)C(=O)N[C@H]4C(=O)N[C@H]3C(=O)N[C@@H]2C(=O)N[C@H](C(=O)NCc2ccccn2)c2cc(O)cc(O[C@H]4O[C@H](CO)[C@@H](O)[C@@H](O)[C@@H]4O)c2-c2cc3ccc2O)O[C@@H](CO)[C@@H](O)[C@@H]1O. The number of aromatic nitrogens is 1. The lowest BCUT2D eigenvalue weighted by atomic mass is 9.89. The smallest absolute Gasteiger partial charge is 0.248 e. The summed E-state index contributed by atoms with van der Waals surface area (Å²) in [4.78, 5) is 146. The summed E-state index contributed by atoms with van der Waals surface area (Å²) < 4.78 is 58.2. The number of phenolic OH excluding ortho intramolecular Hbond substituents is 4. The monoisotopic (exact) mass is 1970 g/mol. The van der Waals surface area contributed by atoms with Crippen LogP contribution in [0.4, 0.5) is 0 Å². The lowest BCUT2D eigenvalue weighted by molar-refractivity contribution is -0.284. The molecule has 3 saturated heterocycles. The van der Waals surface area contributed by atoms with E-state index >= 15 is 28.8 Å². The number of amides is 9. The molecule has 10 heterocycles. The van der Waals surface area contributed by atoms with E-state index in [4.69, 9.17) is 71.6 Å². The number of carbonyl (C=O) groups is 9. The highest BCUT2D eigenvalue weighted by Gasteiger charge is 2.52. The number of nitrogens with two attached hydrogens (primary N) is 1. The minimum absolute atomic E-state index is 0.0302. The Bertz CT molecular complexity index is 5950. The van der Waals surface area contributed by atoms with Crippen LogP contribution in [-0.2, 0) is 75.1 Å². The number of hydrogen-bond donors (Lipinski definition) is 24. The summed E-state index contributed by atoms with van der Waals surface area (Å²) in [5.74, 6) is -17.9. The van der Waals surface area contributed by atoms with Crippen LogP contribution in [0.15, 0.2) is 140 Å². The lowest BCUT2D eigenvalue weighted by Crippen LogP contribution is -2.65. The highest BCUT2D eigenvalue weighted by molar-refractivity contribution is 6.32. The zero-order chi connectivity index (χ0) is 99.4. The zero-order valence-electron chi connectivity index (χ0n) is 74.3. The number of nitrogens with one attached hydrogen (secondary N) is 9. The van der Waals surface area contributed by atoms with E-state index in [1.165, 1.54) is 42.6 Å². The molecule has 17 bridgehead atoms. The summed E-state index contributed by atoms with van der Waals surface area (Å²) in [5, 5.41) is 184. The maximum atomic E-state index is 17.2. The highest BCUT2D eigenvalue weighted by Crippen LogP contribution is 2.51. The van der Waals surface area contributed by atoms with E-state index in [1.807, 2.05) is 0 Å². The van der Waals surface area contributed by atoms with Crippen LogP contribution in [0.5, 0.6) is 69.0 Å². The van der Waals surface area contributed by atoms with Crippen LogP contribution in [0.25, 0.3) is 11.1 Å². The minimum atomic E-state index is -2.55. The number of phenols is 4. The van der Waals surface area contributed by atoms with Crippen LogP contribution in [0.2, 0.25) is 10.0 Å². The third kappa shape index (κ3) is 22.4. The largest absolute Gasteiger partial charge is 0.508 e. The van der Waals surface area contributed by atoms with Crippen molar-refractivity contribution in [2.24, 2.45) is 11.7 Å². The molecular formula is C94H103Cl2N11O32. The number of aliphatic hydroxyl groups is 10. The van der Waals surface area contributed by atoms with Crippen molar-refractivity contribution in [2.45, 2.75) is 213 Å². The Labute approximate surface area is 801 Å². The van der Waals surface area contributed by atoms with E-state index < -0.39 is 311 Å². The first-order chi connectivity index (χ1) is 66.4. The fourth-order valence-corrected chi connectivity index (χ4v) is 17.7. The molecule has 9 aliphatic rings. The van der Waals surface area contributed by atoms with E-state index in [1.54, 1.807) is 12.1 Å². The second kappa shape index (κ2) is 43.2. The fourth-order valence-electron chi connectivity index (χ4n) is 17.3. The number of benzene rings is 7. The van der Waals surface area contributed by atoms with Gasteiger partial charge in [0.1, 0.15) is 162 Å². The number of halogens is 2. The third-order valence-electron chi connectivity index (χ3n) is 24.6. The zero-order valence-corrected chi connectivity index (χ0v) is 75.8. The van der Waals surface area contributed by atoms with E-state index in [0.29, 0.717) is 18.8 Å². The van der Waals surface area contributed by atoms with Gasteiger partial charge in [-0.1, -0.05) is 93.1 Å². The minimum Gasteiger partial charge on any atom is -0.508 e. The van der Waals surface area contributed by atoms with Gasteiger partial charge in [-0.15, -0.1) is 0 Å². The second-order valence-corrected chi connectivity index (χ2v) is 35.7. The number of fused-ring (bicyclic) bond motifs is 14. The molecule has 45 heteroatoms. The highest BCUT2D eigenvalue weighted by atomic mass is 35.5. The van der Waals surface area contributed by atoms with Crippen molar-refractivity contribution < 1.29 is 157 Å². The average Bonchev–Trinajstić information content (AvgIpc) is 0.752.